The number of esters is 1. The molecule has 0 unspecified atom stereocenters. The lowest BCUT2D eigenvalue weighted by atomic mass is 10.1. The Balaban J connectivity index is 1.64. The smallest absolute Gasteiger partial charge is 0.323 e. The van der Waals surface area contributed by atoms with Crippen molar-refractivity contribution < 1.29 is 14.3 Å². The van der Waals surface area contributed by atoms with Crippen LogP contribution in [0.4, 0.5) is 0 Å². The van der Waals surface area contributed by atoms with Gasteiger partial charge in [0.25, 0.3) is 0 Å². The van der Waals surface area contributed by atoms with Crippen LogP contribution in [0.5, 0.6) is 0 Å². The van der Waals surface area contributed by atoms with Crippen LogP contribution in [0.1, 0.15) is 17.3 Å². The fourth-order valence-corrected chi connectivity index (χ4v) is 3.58. The Hall–Kier alpha value is -0.950. The zero-order valence-electron chi connectivity index (χ0n) is 11.4. The van der Waals surface area contributed by atoms with Crippen LogP contribution in [-0.2, 0) is 14.3 Å². The Morgan fingerprint density at radius 1 is 1.40 bits per heavy atom. The quantitative estimate of drug-likeness (QED) is 0.822. The van der Waals surface area contributed by atoms with Gasteiger partial charge in [0.2, 0.25) is 0 Å². The van der Waals surface area contributed by atoms with Gasteiger partial charge >= 0.3 is 5.97 Å². The molecular weight excluding hydrogens is 276 g/mol. The highest BCUT2D eigenvalue weighted by molar-refractivity contribution is 7.10. The Bertz CT molecular complexity index is 432. The van der Waals surface area contributed by atoms with Crippen LogP contribution in [0, 0.1) is 0 Å². The fourth-order valence-electron chi connectivity index (χ4n) is 2.71. The summed E-state index contributed by atoms with van der Waals surface area (Å²) in [5.74, 6) is -0.114. The molecule has 110 valence electrons. The first-order chi connectivity index (χ1) is 9.84. The molecule has 1 aromatic heterocycles. The van der Waals surface area contributed by atoms with E-state index in [4.69, 9.17) is 9.47 Å². The molecule has 20 heavy (non-hydrogen) atoms. The fraction of sp³-hybridized carbons (Fsp3) is 0.643. The van der Waals surface area contributed by atoms with Crippen LogP contribution in [-0.4, -0.2) is 56.4 Å². The van der Waals surface area contributed by atoms with E-state index in [9.17, 15) is 4.79 Å². The van der Waals surface area contributed by atoms with E-state index in [2.05, 4.69) is 27.7 Å². The number of rotatable bonds is 5. The van der Waals surface area contributed by atoms with Gasteiger partial charge in [-0.1, -0.05) is 6.07 Å². The average molecular weight is 296 g/mol. The molecular formula is C14H20N2O3S. The lowest BCUT2D eigenvalue weighted by Gasteiger charge is -2.34. The summed E-state index contributed by atoms with van der Waals surface area (Å²) < 4.78 is 10.4. The number of carbonyl (C=O) groups excluding carboxylic acids is 1. The molecule has 3 rings (SSSR count). The highest BCUT2D eigenvalue weighted by Gasteiger charge is 2.29. The SMILES string of the molecule is O=C1OCC[C@@H]1NC[C@@H](c1cccs1)N1CCOCC1. The van der Waals surface area contributed by atoms with Gasteiger partial charge in [0.05, 0.1) is 25.9 Å². The lowest BCUT2D eigenvalue weighted by molar-refractivity contribution is -0.139. The monoisotopic (exact) mass is 296 g/mol. The van der Waals surface area contributed by atoms with Crippen LogP contribution in [0.15, 0.2) is 17.5 Å². The van der Waals surface area contributed by atoms with Crippen molar-refractivity contribution in [2.75, 3.05) is 39.5 Å². The zero-order chi connectivity index (χ0) is 13.8. The van der Waals surface area contributed by atoms with Gasteiger partial charge in [-0.05, 0) is 11.4 Å². The van der Waals surface area contributed by atoms with Crippen molar-refractivity contribution in [3.05, 3.63) is 22.4 Å². The molecule has 2 aliphatic heterocycles. The summed E-state index contributed by atoms with van der Waals surface area (Å²) in [7, 11) is 0. The Morgan fingerprint density at radius 3 is 2.90 bits per heavy atom. The number of nitrogens with one attached hydrogen (secondary N) is 1. The predicted molar refractivity (Wildman–Crippen MR) is 76.8 cm³/mol. The first-order valence-corrected chi connectivity index (χ1v) is 7.98. The van der Waals surface area contributed by atoms with Crippen molar-refractivity contribution >= 4 is 17.3 Å². The summed E-state index contributed by atoms with van der Waals surface area (Å²) in [4.78, 5) is 15.3. The molecule has 5 nitrogen and oxygen atoms in total. The van der Waals surface area contributed by atoms with E-state index in [-0.39, 0.29) is 12.0 Å². The summed E-state index contributed by atoms with van der Waals surface area (Å²) >= 11 is 1.77. The minimum absolute atomic E-state index is 0.114. The van der Waals surface area contributed by atoms with Gasteiger partial charge in [0, 0.05) is 30.9 Å². The van der Waals surface area contributed by atoms with E-state index in [0.717, 1.165) is 39.3 Å². The van der Waals surface area contributed by atoms with Crippen molar-refractivity contribution in [3.8, 4) is 0 Å². The minimum Gasteiger partial charge on any atom is -0.464 e. The Morgan fingerprint density at radius 2 is 2.25 bits per heavy atom. The Labute approximate surface area is 122 Å². The maximum absolute atomic E-state index is 11.5. The predicted octanol–water partition coefficient (Wildman–Crippen LogP) is 1.03. The molecule has 6 heteroatoms. The lowest BCUT2D eigenvalue weighted by Crippen LogP contribution is -2.45. The van der Waals surface area contributed by atoms with Gasteiger partial charge in [-0.2, -0.15) is 0 Å². The normalized spacial score (nSPS) is 25.6. The number of hydrogen-bond acceptors (Lipinski definition) is 6. The summed E-state index contributed by atoms with van der Waals surface area (Å²) in [6, 6.07) is 4.42. The first kappa shape index (κ1) is 14.0. The zero-order valence-corrected chi connectivity index (χ0v) is 12.2. The second kappa shape index (κ2) is 6.67. The van der Waals surface area contributed by atoms with Crippen LogP contribution < -0.4 is 5.32 Å². The summed E-state index contributed by atoms with van der Waals surface area (Å²) in [5, 5.41) is 5.47. The highest BCUT2D eigenvalue weighted by atomic mass is 32.1. The summed E-state index contributed by atoms with van der Waals surface area (Å²) in [5.41, 5.74) is 0. The summed E-state index contributed by atoms with van der Waals surface area (Å²) in [6.45, 7) is 4.78. The number of morpholine rings is 1. The number of thiophene rings is 1. The molecule has 2 atom stereocenters. The molecule has 2 saturated heterocycles. The molecule has 0 bridgehead atoms. The molecule has 1 aromatic rings. The molecule has 0 spiro atoms. The maximum atomic E-state index is 11.5. The van der Waals surface area contributed by atoms with E-state index in [1.807, 2.05) is 0 Å². The van der Waals surface area contributed by atoms with Gasteiger partial charge in [-0.15, -0.1) is 11.3 Å². The molecule has 0 saturated carbocycles. The van der Waals surface area contributed by atoms with Crippen molar-refractivity contribution in [1.82, 2.24) is 10.2 Å². The third-order valence-electron chi connectivity index (χ3n) is 3.85. The molecule has 2 fully saturated rings. The van der Waals surface area contributed by atoms with Gasteiger partial charge in [0.1, 0.15) is 6.04 Å². The number of cyclic esters (lactones) is 1. The summed E-state index contributed by atoms with van der Waals surface area (Å²) in [6.07, 6.45) is 0.777. The van der Waals surface area contributed by atoms with E-state index < -0.39 is 0 Å². The van der Waals surface area contributed by atoms with E-state index in [1.165, 1.54) is 4.88 Å². The molecule has 0 aliphatic carbocycles. The largest absolute Gasteiger partial charge is 0.464 e. The van der Waals surface area contributed by atoms with Crippen molar-refractivity contribution in [3.63, 3.8) is 0 Å². The van der Waals surface area contributed by atoms with E-state index >= 15 is 0 Å². The van der Waals surface area contributed by atoms with Gasteiger partial charge < -0.3 is 14.8 Å². The van der Waals surface area contributed by atoms with Crippen LogP contribution >= 0.6 is 11.3 Å². The molecule has 0 radical (unpaired) electrons. The van der Waals surface area contributed by atoms with Crippen LogP contribution in [0.3, 0.4) is 0 Å². The topological polar surface area (TPSA) is 50.8 Å². The first-order valence-electron chi connectivity index (χ1n) is 7.10. The van der Waals surface area contributed by atoms with Crippen molar-refractivity contribution in [1.29, 1.82) is 0 Å². The highest BCUT2D eigenvalue weighted by Crippen LogP contribution is 2.25. The van der Waals surface area contributed by atoms with E-state index in [0.29, 0.717) is 12.6 Å². The third-order valence-corrected chi connectivity index (χ3v) is 4.82. The molecule has 0 aromatic carbocycles. The maximum Gasteiger partial charge on any atom is 0.323 e. The standard InChI is InChI=1S/C14H20N2O3S/c17-14-11(3-6-19-14)15-10-12(13-2-1-9-20-13)16-4-7-18-8-5-16/h1-2,9,11-12,15H,3-8,10H2/t11-,12-/m0/s1. The average Bonchev–Trinajstić information content (AvgIpc) is 3.13. The van der Waals surface area contributed by atoms with Crippen molar-refractivity contribution in [2.24, 2.45) is 0 Å². The third kappa shape index (κ3) is 3.20. The van der Waals surface area contributed by atoms with Gasteiger partial charge in [-0.3, -0.25) is 9.69 Å². The van der Waals surface area contributed by atoms with Crippen LogP contribution in [0.25, 0.3) is 0 Å². The molecule has 1 N–H and O–H groups in total. The number of carbonyl (C=O) groups is 1. The van der Waals surface area contributed by atoms with Crippen LogP contribution in [0.2, 0.25) is 0 Å². The number of hydrogen-bond donors (Lipinski definition) is 1. The van der Waals surface area contributed by atoms with Gasteiger partial charge in [-0.25, -0.2) is 0 Å². The van der Waals surface area contributed by atoms with Gasteiger partial charge in [0.15, 0.2) is 0 Å². The molecule has 2 aliphatic rings. The molecule has 3 heterocycles. The number of ether oxygens (including phenoxy) is 2. The van der Waals surface area contributed by atoms with E-state index in [1.54, 1.807) is 11.3 Å². The molecule has 0 amide bonds. The minimum atomic E-state index is -0.140. The second-order valence-electron chi connectivity index (χ2n) is 5.10. The number of nitrogens with zero attached hydrogens (tertiary/aromatic N) is 1. The Kier molecular flexibility index (Phi) is 4.67. The second-order valence-corrected chi connectivity index (χ2v) is 6.08. The van der Waals surface area contributed by atoms with Crippen molar-refractivity contribution in [2.45, 2.75) is 18.5 Å².